The summed E-state index contributed by atoms with van der Waals surface area (Å²) in [5.74, 6) is -1.54. The summed E-state index contributed by atoms with van der Waals surface area (Å²) >= 11 is 5.85. The molecule has 0 saturated carbocycles. The first-order valence-electron chi connectivity index (χ1n) is 5.03. The van der Waals surface area contributed by atoms with Crippen molar-refractivity contribution in [3.63, 3.8) is 0 Å². The summed E-state index contributed by atoms with van der Waals surface area (Å²) in [7, 11) is 0. The molecule has 4 nitrogen and oxygen atoms in total. The van der Waals surface area contributed by atoms with E-state index >= 15 is 0 Å². The third kappa shape index (κ3) is 2.85. The van der Waals surface area contributed by atoms with E-state index in [9.17, 15) is 9.90 Å². The third-order valence-electron chi connectivity index (χ3n) is 2.47. The van der Waals surface area contributed by atoms with Gasteiger partial charge in [-0.3, -0.25) is 4.79 Å². The minimum Gasteiger partial charge on any atom is -0.481 e. The Morgan fingerprint density at radius 2 is 2.35 bits per heavy atom. The lowest BCUT2D eigenvalue weighted by Crippen LogP contribution is -2.14. The number of carbonyl (C=O) groups is 1. The molecule has 0 radical (unpaired) electrons. The molecule has 0 spiro atoms. The van der Waals surface area contributed by atoms with E-state index in [1.165, 1.54) is 12.5 Å². The van der Waals surface area contributed by atoms with Crippen molar-refractivity contribution >= 4 is 17.6 Å². The molecule has 1 N–H and O–H groups in total. The second kappa shape index (κ2) is 5.01. The van der Waals surface area contributed by atoms with Crippen molar-refractivity contribution in [3.05, 3.63) is 52.9 Å². The van der Waals surface area contributed by atoms with E-state index < -0.39 is 11.9 Å². The first kappa shape index (κ1) is 11.7. The molecule has 0 fully saturated rings. The standard InChI is InChI=1S/C12H10ClNO3/c13-10-3-1-2-9(5-10)11(12(15)16)4-8-6-14-17-7-8/h1-3,5-7,11H,4H2,(H,15,16). The van der Waals surface area contributed by atoms with Crippen molar-refractivity contribution in [2.75, 3.05) is 0 Å². The van der Waals surface area contributed by atoms with Gasteiger partial charge in [-0.05, 0) is 24.1 Å². The van der Waals surface area contributed by atoms with Gasteiger partial charge in [-0.15, -0.1) is 0 Å². The summed E-state index contributed by atoms with van der Waals surface area (Å²) in [6.07, 6.45) is 3.29. The van der Waals surface area contributed by atoms with Gasteiger partial charge in [0.1, 0.15) is 6.26 Å². The Bertz CT molecular complexity index is 510. The maximum absolute atomic E-state index is 11.2. The van der Waals surface area contributed by atoms with E-state index in [4.69, 9.17) is 11.6 Å². The van der Waals surface area contributed by atoms with Gasteiger partial charge >= 0.3 is 5.97 Å². The second-order valence-electron chi connectivity index (χ2n) is 3.68. The van der Waals surface area contributed by atoms with Gasteiger partial charge in [0.15, 0.2) is 0 Å². The zero-order chi connectivity index (χ0) is 12.3. The second-order valence-corrected chi connectivity index (χ2v) is 4.12. The molecule has 0 aliphatic carbocycles. The highest BCUT2D eigenvalue weighted by Crippen LogP contribution is 2.23. The number of carboxylic acids is 1. The fourth-order valence-corrected chi connectivity index (χ4v) is 1.83. The number of halogens is 1. The third-order valence-corrected chi connectivity index (χ3v) is 2.71. The Hall–Kier alpha value is -1.81. The lowest BCUT2D eigenvalue weighted by atomic mass is 9.93. The average Bonchev–Trinajstić information content (AvgIpc) is 2.78. The molecular weight excluding hydrogens is 242 g/mol. The molecule has 1 unspecified atom stereocenters. The van der Waals surface area contributed by atoms with E-state index in [1.54, 1.807) is 24.3 Å². The van der Waals surface area contributed by atoms with Crippen LogP contribution in [0.25, 0.3) is 0 Å². The van der Waals surface area contributed by atoms with Crippen LogP contribution < -0.4 is 0 Å². The van der Waals surface area contributed by atoms with Gasteiger partial charge in [-0.2, -0.15) is 0 Å². The fraction of sp³-hybridized carbons (Fsp3) is 0.167. The molecule has 1 atom stereocenters. The quantitative estimate of drug-likeness (QED) is 0.908. The molecule has 1 aromatic heterocycles. The van der Waals surface area contributed by atoms with Gasteiger partial charge in [0, 0.05) is 10.6 Å². The Labute approximate surface area is 103 Å². The lowest BCUT2D eigenvalue weighted by molar-refractivity contribution is -0.138. The van der Waals surface area contributed by atoms with Crippen molar-refractivity contribution in [1.29, 1.82) is 0 Å². The molecule has 1 heterocycles. The first-order valence-corrected chi connectivity index (χ1v) is 5.41. The number of carboxylic acid groups (broad SMARTS) is 1. The summed E-state index contributed by atoms with van der Waals surface area (Å²) in [6.45, 7) is 0. The van der Waals surface area contributed by atoms with Gasteiger partial charge in [0.25, 0.3) is 0 Å². The number of aliphatic carboxylic acids is 1. The smallest absolute Gasteiger partial charge is 0.311 e. The SMILES string of the molecule is O=C(O)C(Cc1cnoc1)c1cccc(Cl)c1. The van der Waals surface area contributed by atoms with Crippen molar-refractivity contribution in [1.82, 2.24) is 5.16 Å². The molecule has 0 saturated heterocycles. The molecule has 2 aromatic rings. The molecule has 5 heteroatoms. The molecular formula is C12H10ClNO3. The van der Waals surface area contributed by atoms with E-state index in [-0.39, 0.29) is 0 Å². The van der Waals surface area contributed by atoms with E-state index in [2.05, 4.69) is 9.68 Å². The number of hydrogen-bond acceptors (Lipinski definition) is 3. The maximum Gasteiger partial charge on any atom is 0.311 e. The normalized spacial score (nSPS) is 12.3. The van der Waals surface area contributed by atoms with Crippen molar-refractivity contribution in [2.24, 2.45) is 0 Å². The molecule has 0 amide bonds. The molecule has 1 aromatic carbocycles. The van der Waals surface area contributed by atoms with Gasteiger partial charge < -0.3 is 9.63 Å². The van der Waals surface area contributed by atoms with Crippen LogP contribution in [0.5, 0.6) is 0 Å². The average molecular weight is 252 g/mol. The van der Waals surface area contributed by atoms with Crippen LogP contribution in [0.4, 0.5) is 0 Å². The van der Waals surface area contributed by atoms with Gasteiger partial charge in [-0.25, -0.2) is 0 Å². The number of benzene rings is 1. The Morgan fingerprint density at radius 1 is 1.53 bits per heavy atom. The van der Waals surface area contributed by atoms with Crippen LogP contribution in [0.2, 0.25) is 5.02 Å². The monoisotopic (exact) mass is 251 g/mol. The number of rotatable bonds is 4. The Morgan fingerprint density at radius 3 is 2.94 bits per heavy atom. The minimum atomic E-state index is -0.895. The molecule has 17 heavy (non-hydrogen) atoms. The van der Waals surface area contributed by atoms with E-state index in [1.807, 2.05) is 0 Å². The van der Waals surface area contributed by atoms with E-state index in [0.29, 0.717) is 17.0 Å². The van der Waals surface area contributed by atoms with Crippen molar-refractivity contribution in [3.8, 4) is 0 Å². The summed E-state index contributed by atoms with van der Waals surface area (Å²) in [6, 6.07) is 6.86. The first-order chi connectivity index (χ1) is 8.16. The van der Waals surface area contributed by atoms with Gasteiger partial charge in [0.2, 0.25) is 0 Å². The van der Waals surface area contributed by atoms with Gasteiger partial charge in [-0.1, -0.05) is 28.9 Å². The highest BCUT2D eigenvalue weighted by atomic mass is 35.5. The van der Waals surface area contributed by atoms with Crippen LogP contribution in [0.3, 0.4) is 0 Å². The minimum absolute atomic E-state index is 0.333. The topological polar surface area (TPSA) is 63.3 Å². The van der Waals surface area contributed by atoms with Crippen LogP contribution in [0.1, 0.15) is 17.0 Å². The summed E-state index contributed by atoms with van der Waals surface area (Å²) < 4.78 is 4.69. The molecule has 2 rings (SSSR count). The number of aromatic nitrogens is 1. The number of hydrogen-bond donors (Lipinski definition) is 1. The predicted octanol–water partition coefficient (Wildman–Crippen LogP) is 2.74. The molecule has 0 aliphatic heterocycles. The highest BCUT2D eigenvalue weighted by molar-refractivity contribution is 6.30. The summed E-state index contributed by atoms with van der Waals surface area (Å²) in [5, 5.41) is 13.3. The van der Waals surface area contributed by atoms with Crippen LogP contribution in [0, 0.1) is 0 Å². The maximum atomic E-state index is 11.2. The molecule has 0 bridgehead atoms. The zero-order valence-corrected chi connectivity index (χ0v) is 9.59. The highest BCUT2D eigenvalue weighted by Gasteiger charge is 2.21. The van der Waals surface area contributed by atoms with E-state index in [0.717, 1.165) is 5.56 Å². The summed E-state index contributed by atoms with van der Waals surface area (Å²) in [4.78, 5) is 11.2. The number of nitrogens with zero attached hydrogens (tertiary/aromatic N) is 1. The molecule has 88 valence electrons. The predicted molar refractivity (Wildman–Crippen MR) is 62.0 cm³/mol. The summed E-state index contributed by atoms with van der Waals surface area (Å²) in [5.41, 5.74) is 1.42. The Balaban J connectivity index is 2.26. The fourth-order valence-electron chi connectivity index (χ4n) is 1.63. The van der Waals surface area contributed by atoms with Crippen LogP contribution in [-0.4, -0.2) is 16.2 Å². The van der Waals surface area contributed by atoms with Crippen molar-refractivity contribution < 1.29 is 14.4 Å². The lowest BCUT2D eigenvalue weighted by Gasteiger charge is -2.11. The van der Waals surface area contributed by atoms with Crippen molar-refractivity contribution in [2.45, 2.75) is 12.3 Å². The Kier molecular flexibility index (Phi) is 3.44. The van der Waals surface area contributed by atoms with Crippen LogP contribution in [-0.2, 0) is 11.2 Å². The zero-order valence-electron chi connectivity index (χ0n) is 8.84. The van der Waals surface area contributed by atoms with Gasteiger partial charge in [0.05, 0.1) is 12.1 Å². The molecule has 0 aliphatic rings. The van der Waals surface area contributed by atoms with Crippen LogP contribution >= 0.6 is 11.6 Å². The largest absolute Gasteiger partial charge is 0.481 e. The van der Waals surface area contributed by atoms with Crippen LogP contribution in [0.15, 0.2) is 41.2 Å².